The number of nitrogens with zero attached hydrogens (tertiary/aromatic N) is 2. The van der Waals surface area contributed by atoms with Crippen molar-refractivity contribution in [1.82, 2.24) is 9.21 Å². The van der Waals surface area contributed by atoms with Gasteiger partial charge in [0.1, 0.15) is 0 Å². The van der Waals surface area contributed by atoms with Crippen LogP contribution in [0.3, 0.4) is 0 Å². The first-order chi connectivity index (χ1) is 10.5. The van der Waals surface area contributed by atoms with Crippen molar-refractivity contribution in [3.63, 3.8) is 0 Å². The van der Waals surface area contributed by atoms with Crippen molar-refractivity contribution in [3.8, 4) is 0 Å². The standard InChI is InChI=1S/C13H17Cl2N3O4S/c1-17(13(20)8-18(2)23(3,21)22)7-12(19)16-9-4-5-10(14)11(15)6-9/h4-6H,7-8H2,1-3H3,(H,16,19). The average molecular weight is 382 g/mol. The molecule has 0 aromatic heterocycles. The van der Waals surface area contributed by atoms with Gasteiger partial charge in [0.15, 0.2) is 0 Å². The first-order valence-corrected chi connectivity index (χ1v) is 9.01. The summed E-state index contributed by atoms with van der Waals surface area (Å²) in [6.45, 7) is -0.563. The molecule has 0 bridgehead atoms. The van der Waals surface area contributed by atoms with E-state index < -0.39 is 21.8 Å². The summed E-state index contributed by atoms with van der Waals surface area (Å²) in [7, 11) is -0.761. The molecule has 10 heteroatoms. The zero-order valence-electron chi connectivity index (χ0n) is 12.8. The van der Waals surface area contributed by atoms with Gasteiger partial charge in [-0.25, -0.2) is 8.42 Å². The second-order valence-electron chi connectivity index (χ2n) is 4.95. The predicted octanol–water partition coefficient (Wildman–Crippen LogP) is 1.28. The van der Waals surface area contributed by atoms with Crippen LogP contribution < -0.4 is 5.32 Å². The molecule has 1 aromatic carbocycles. The van der Waals surface area contributed by atoms with Crippen molar-refractivity contribution < 1.29 is 18.0 Å². The van der Waals surface area contributed by atoms with Crippen LogP contribution >= 0.6 is 23.2 Å². The number of sulfonamides is 1. The molecule has 0 aliphatic carbocycles. The molecule has 0 aliphatic heterocycles. The van der Waals surface area contributed by atoms with Crippen LogP contribution in [0.15, 0.2) is 18.2 Å². The highest BCUT2D eigenvalue weighted by Crippen LogP contribution is 2.24. The number of hydrogen-bond acceptors (Lipinski definition) is 4. The highest BCUT2D eigenvalue weighted by Gasteiger charge is 2.19. The number of carbonyl (C=O) groups is 2. The molecule has 1 rings (SSSR count). The number of benzene rings is 1. The summed E-state index contributed by atoms with van der Waals surface area (Å²) in [6.07, 6.45) is 0.997. The van der Waals surface area contributed by atoms with Crippen LogP contribution in [-0.2, 0) is 19.6 Å². The fraction of sp³-hybridized carbons (Fsp3) is 0.385. The molecule has 2 amide bonds. The van der Waals surface area contributed by atoms with Gasteiger partial charge in [-0.05, 0) is 18.2 Å². The highest BCUT2D eigenvalue weighted by molar-refractivity contribution is 7.88. The summed E-state index contributed by atoms with van der Waals surface area (Å²) in [6, 6.07) is 4.60. The Kier molecular flexibility index (Phi) is 6.82. The van der Waals surface area contributed by atoms with Crippen LogP contribution in [0.25, 0.3) is 0 Å². The first kappa shape index (κ1) is 19.7. The molecule has 0 saturated heterocycles. The fourth-order valence-corrected chi connectivity index (χ4v) is 2.15. The maximum absolute atomic E-state index is 11.9. The Bertz CT molecular complexity index is 709. The van der Waals surface area contributed by atoms with Gasteiger partial charge in [0, 0.05) is 19.8 Å². The second-order valence-corrected chi connectivity index (χ2v) is 7.85. The molecule has 0 radical (unpaired) electrons. The van der Waals surface area contributed by atoms with E-state index in [1.165, 1.54) is 26.2 Å². The van der Waals surface area contributed by atoms with Crippen LogP contribution in [0.2, 0.25) is 10.0 Å². The summed E-state index contributed by atoms with van der Waals surface area (Å²) in [5, 5.41) is 3.23. The van der Waals surface area contributed by atoms with Crippen molar-refractivity contribution in [2.24, 2.45) is 0 Å². The fourth-order valence-electron chi connectivity index (χ4n) is 1.51. The first-order valence-electron chi connectivity index (χ1n) is 6.41. The van der Waals surface area contributed by atoms with Gasteiger partial charge in [0.2, 0.25) is 21.8 Å². The number of amides is 2. The lowest BCUT2D eigenvalue weighted by Gasteiger charge is -2.20. The van der Waals surface area contributed by atoms with Gasteiger partial charge in [-0.15, -0.1) is 0 Å². The van der Waals surface area contributed by atoms with Gasteiger partial charge in [-0.2, -0.15) is 4.31 Å². The quantitative estimate of drug-likeness (QED) is 0.803. The van der Waals surface area contributed by atoms with E-state index in [4.69, 9.17) is 23.2 Å². The van der Waals surface area contributed by atoms with Crippen LogP contribution in [-0.4, -0.2) is 62.9 Å². The maximum atomic E-state index is 11.9. The normalized spacial score (nSPS) is 11.4. The molecule has 0 aliphatic rings. The lowest BCUT2D eigenvalue weighted by atomic mass is 10.3. The van der Waals surface area contributed by atoms with E-state index in [1.807, 2.05) is 0 Å². The van der Waals surface area contributed by atoms with Crippen molar-refractivity contribution in [3.05, 3.63) is 28.2 Å². The zero-order chi connectivity index (χ0) is 17.8. The topological polar surface area (TPSA) is 86.8 Å². The molecule has 0 unspecified atom stereocenters. The van der Waals surface area contributed by atoms with E-state index in [2.05, 4.69) is 5.32 Å². The molecule has 1 aromatic rings. The molecule has 0 saturated carbocycles. The van der Waals surface area contributed by atoms with E-state index in [-0.39, 0.29) is 13.1 Å². The van der Waals surface area contributed by atoms with Crippen LogP contribution in [0.1, 0.15) is 0 Å². The SMILES string of the molecule is CN(CC(=O)Nc1ccc(Cl)c(Cl)c1)C(=O)CN(C)S(C)(=O)=O. The molecular weight excluding hydrogens is 365 g/mol. The van der Waals surface area contributed by atoms with E-state index in [0.717, 1.165) is 15.5 Å². The second kappa shape index (κ2) is 7.96. The molecule has 128 valence electrons. The number of halogens is 2. The van der Waals surface area contributed by atoms with Crippen molar-refractivity contribution >= 4 is 50.7 Å². The number of likely N-dealkylation sites (N-methyl/N-ethyl adjacent to an activating group) is 2. The molecule has 23 heavy (non-hydrogen) atoms. The Morgan fingerprint density at radius 2 is 1.74 bits per heavy atom. The van der Waals surface area contributed by atoms with Gasteiger partial charge >= 0.3 is 0 Å². The van der Waals surface area contributed by atoms with E-state index in [9.17, 15) is 18.0 Å². The Hall–Kier alpha value is -1.35. The van der Waals surface area contributed by atoms with Crippen LogP contribution in [0.4, 0.5) is 5.69 Å². The Balaban J connectivity index is 2.59. The number of rotatable bonds is 6. The lowest BCUT2D eigenvalue weighted by Crippen LogP contribution is -2.42. The minimum atomic E-state index is -3.46. The summed E-state index contributed by atoms with van der Waals surface area (Å²) in [4.78, 5) is 24.9. The van der Waals surface area contributed by atoms with Gasteiger partial charge in [-0.3, -0.25) is 9.59 Å². The monoisotopic (exact) mass is 381 g/mol. The van der Waals surface area contributed by atoms with Crippen molar-refractivity contribution in [2.75, 3.05) is 38.8 Å². The lowest BCUT2D eigenvalue weighted by molar-refractivity contribution is -0.133. The van der Waals surface area contributed by atoms with E-state index in [1.54, 1.807) is 6.07 Å². The molecule has 0 heterocycles. The number of nitrogens with one attached hydrogen (secondary N) is 1. The molecule has 0 atom stereocenters. The third kappa shape index (κ3) is 6.34. The minimum absolute atomic E-state index is 0.226. The van der Waals surface area contributed by atoms with Crippen molar-refractivity contribution in [1.29, 1.82) is 0 Å². The molecule has 0 fully saturated rings. The number of carbonyl (C=O) groups excluding carboxylic acids is 2. The summed E-state index contributed by atoms with van der Waals surface area (Å²) < 4.78 is 23.4. The third-order valence-corrected chi connectivity index (χ3v) is 4.93. The smallest absolute Gasteiger partial charge is 0.243 e. The predicted molar refractivity (Wildman–Crippen MR) is 90.2 cm³/mol. The maximum Gasteiger partial charge on any atom is 0.243 e. The largest absolute Gasteiger partial charge is 0.335 e. The summed E-state index contributed by atoms with van der Waals surface area (Å²) in [5.74, 6) is -0.941. The zero-order valence-corrected chi connectivity index (χ0v) is 15.2. The van der Waals surface area contributed by atoms with Gasteiger partial charge in [0.05, 0.1) is 29.4 Å². The number of hydrogen-bond donors (Lipinski definition) is 1. The third-order valence-electron chi connectivity index (χ3n) is 2.93. The summed E-state index contributed by atoms with van der Waals surface area (Å²) in [5.41, 5.74) is 0.443. The average Bonchev–Trinajstić information content (AvgIpc) is 2.41. The van der Waals surface area contributed by atoms with E-state index in [0.29, 0.717) is 15.7 Å². The van der Waals surface area contributed by atoms with E-state index >= 15 is 0 Å². The molecular formula is C13H17Cl2N3O4S. The van der Waals surface area contributed by atoms with Crippen molar-refractivity contribution in [2.45, 2.75) is 0 Å². The highest BCUT2D eigenvalue weighted by atomic mass is 35.5. The van der Waals surface area contributed by atoms with Gasteiger partial charge in [0.25, 0.3) is 0 Å². The van der Waals surface area contributed by atoms with Gasteiger partial charge in [-0.1, -0.05) is 23.2 Å². The van der Waals surface area contributed by atoms with Gasteiger partial charge < -0.3 is 10.2 Å². The molecule has 7 nitrogen and oxygen atoms in total. The Labute approximate surface area is 145 Å². The summed E-state index contributed by atoms with van der Waals surface area (Å²) >= 11 is 11.6. The molecule has 1 N–H and O–H groups in total. The minimum Gasteiger partial charge on any atom is -0.335 e. The molecule has 0 spiro atoms. The Morgan fingerprint density at radius 3 is 2.26 bits per heavy atom. The van der Waals surface area contributed by atoms with Crippen LogP contribution in [0.5, 0.6) is 0 Å². The number of anilines is 1. The van der Waals surface area contributed by atoms with Crippen LogP contribution in [0, 0.1) is 0 Å². The Morgan fingerprint density at radius 1 is 1.13 bits per heavy atom.